The molecule has 0 bridgehead atoms. The molecule has 0 saturated carbocycles. The first kappa shape index (κ1) is 13.4. The number of aryl methyl sites for hydroxylation is 1. The van der Waals surface area contributed by atoms with Gasteiger partial charge in [-0.2, -0.15) is 0 Å². The van der Waals surface area contributed by atoms with Gasteiger partial charge in [0.1, 0.15) is 0 Å². The predicted octanol–water partition coefficient (Wildman–Crippen LogP) is 1.35. The quantitative estimate of drug-likeness (QED) is 0.881. The molecular formula is C10H9N3O4S2. The van der Waals surface area contributed by atoms with Crippen molar-refractivity contribution in [3.63, 3.8) is 0 Å². The summed E-state index contributed by atoms with van der Waals surface area (Å²) < 4.78 is 26.2. The zero-order valence-corrected chi connectivity index (χ0v) is 11.3. The molecule has 0 aliphatic rings. The summed E-state index contributed by atoms with van der Waals surface area (Å²) in [6, 6.07) is 1.64. The Morgan fingerprint density at radius 1 is 1.47 bits per heavy atom. The van der Waals surface area contributed by atoms with E-state index in [4.69, 9.17) is 5.11 Å². The smallest absolute Gasteiger partial charge is 0.356 e. The Morgan fingerprint density at radius 2 is 2.21 bits per heavy atom. The maximum absolute atomic E-state index is 12.1. The highest BCUT2D eigenvalue weighted by molar-refractivity contribution is 7.94. The number of anilines is 1. The molecule has 0 amide bonds. The number of hydrogen-bond acceptors (Lipinski definition) is 6. The number of thiazole rings is 1. The number of carbonyl (C=O) groups is 1. The van der Waals surface area contributed by atoms with Crippen molar-refractivity contribution in [3.8, 4) is 0 Å². The van der Waals surface area contributed by atoms with Crippen molar-refractivity contribution in [1.82, 2.24) is 9.97 Å². The van der Waals surface area contributed by atoms with Crippen molar-refractivity contribution in [2.24, 2.45) is 0 Å². The zero-order chi connectivity index (χ0) is 14.0. The first-order valence-corrected chi connectivity index (χ1v) is 7.38. The van der Waals surface area contributed by atoms with Crippen molar-refractivity contribution in [2.45, 2.75) is 11.1 Å². The fourth-order valence-corrected chi connectivity index (χ4v) is 3.59. The van der Waals surface area contributed by atoms with Crippen LogP contribution in [0.5, 0.6) is 0 Å². The number of nitrogens with zero attached hydrogens (tertiary/aromatic N) is 2. The summed E-state index contributed by atoms with van der Waals surface area (Å²) >= 11 is 0.747. The maximum Gasteiger partial charge on any atom is 0.356 e. The number of nitrogens with one attached hydrogen (secondary N) is 1. The van der Waals surface area contributed by atoms with E-state index in [1.165, 1.54) is 17.9 Å². The zero-order valence-electron chi connectivity index (χ0n) is 9.69. The molecular weight excluding hydrogens is 290 g/mol. The van der Waals surface area contributed by atoms with Gasteiger partial charge in [-0.15, -0.1) is 11.3 Å². The topological polar surface area (TPSA) is 109 Å². The Hall–Kier alpha value is -2.00. The third kappa shape index (κ3) is 2.71. The summed E-state index contributed by atoms with van der Waals surface area (Å²) in [6.07, 6.45) is 2.89. The van der Waals surface area contributed by atoms with E-state index in [1.54, 1.807) is 13.0 Å². The van der Waals surface area contributed by atoms with Gasteiger partial charge in [-0.05, 0) is 18.6 Å². The number of sulfonamides is 1. The van der Waals surface area contributed by atoms with Gasteiger partial charge in [0, 0.05) is 6.20 Å². The lowest BCUT2D eigenvalue weighted by Gasteiger charge is -2.08. The monoisotopic (exact) mass is 299 g/mol. The molecule has 100 valence electrons. The predicted molar refractivity (Wildman–Crippen MR) is 68.9 cm³/mol. The minimum absolute atomic E-state index is 0.298. The molecule has 2 heterocycles. The van der Waals surface area contributed by atoms with Crippen LogP contribution in [0.15, 0.2) is 28.2 Å². The van der Waals surface area contributed by atoms with Gasteiger partial charge in [-0.3, -0.25) is 9.71 Å². The van der Waals surface area contributed by atoms with E-state index in [-0.39, 0.29) is 4.21 Å². The molecule has 0 aliphatic carbocycles. The third-order valence-corrected chi connectivity index (χ3v) is 5.00. The van der Waals surface area contributed by atoms with Crippen LogP contribution in [0, 0.1) is 6.92 Å². The molecule has 9 heteroatoms. The van der Waals surface area contributed by atoms with Gasteiger partial charge in [0.2, 0.25) is 0 Å². The molecule has 0 fully saturated rings. The van der Waals surface area contributed by atoms with E-state index >= 15 is 0 Å². The summed E-state index contributed by atoms with van der Waals surface area (Å²) in [5, 5.41) is 8.88. The van der Waals surface area contributed by atoms with Crippen molar-refractivity contribution in [3.05, 3.63) is 35.2 Å². The number of aromatic nitrogens is 2. The van der Waals surface area contributed by atoms with Crippen LogP contribution in [0.2, 0.25) is 0 Å². The normalized spacial score (nSPS) is 11.2. The van der Waals surface area contributed by atoms with Crippen LogP contribution in [0.4, 0.5) is 5.69 Å². The molecule has 0 atom stereocenters. The van der Waals surface area contributed by atoms with Gasteiger partial charge in [0.05, 0.1) is 17.4 Å². The lowest BCUT2D eigenvalue weighted by molar-refractivity contribution is 0.0687. The number of pyridine rings is 1. The summed E-state index contributed by atoms with van der Waals surface area (Å²) in [4.78, 5) is 18.2. The average Bonchev–Trinajstić information content (AvgIpc) is 2.82. The van der Waals surface area contributed by atoms with Crippen LogP contribution in [0.3, 0.4) is 0 Å². The fraction of sp³-hybridized carbons (Fsp3) is 0.100. The van der Waals surface area contributed by atoms with Gasteiger partial charge < -0.3 is 5.11 Å². The van der Waals surface area contributed by atoms with Crippen molar-refractivity contribution < 1.29 is 18.3 Å². The van der Waals surface area contributed by atoms with E-state index in [2.05, 4.69) is 14.7 Å². The Balaban J connectivity index is 2.41. The highest BCUT2D eigenvalue weighted by Crippen LogP contribution is 2.24. The molecule has 0 unspecified atom stereocenters. The molecule has 2 aromatic heterocycles. The number of aromatic carboxylic acids is 1. The van der Waals surface area contributed by atoms with E-state index in [1.807, 2.05) is 0 Å². The molecule has 2 rings (SSSR count). The van der Waals surface area contributed by atoms with Crippen LogP contribution in [0.1, 0.15) is 16.1 Å². The second kappa shape index (κ2) is 4.94. The molecule has 7 nitrogen and oxygen atoms in total. The molecule has 0 saturated heterocycles. The number of rotatable bonds is 4. The van der Waals surface area contributed by atoms with E-state index in [0.717, 1.165) is 11.3 Å². The average molecular weight is 299 g/mol. The second-order valence-electron chi connectivity index (χ2n) is 3.59. The first-order chi connectivity index (χ1) is 8.92. The highest BCUT2D eigenvalue weighted by atomic mass is 32.2. The molecule has 0 radical (unpaired) electrons. The minimum atomic E-state index is -3.98. The second-order valence-corrected chi connectivity index (χ2v) is 6.32. The van der Waals surface area contributed by atoms with Crippen LogP contribution in [0.25, 0.3) is 0 Å². The van der Waals surface area contributed by atoms with Gasteiger partial charge in [0.15, 0.2) is 9.90 Å². The van der Waals surface area contributed by atoms with E-state index in [9.17, 15) is 13.2 Å². The van der Waals surface area contributed by atoms with Gasteiger partial charge in [0.25, 0.3) is 10.0 Å². The fourth-order valence-electron chi connectivity index (χ4n) is 1.33. The summed E-state index contributed by atoms with van der Waals surface area (Å²) in [5.41, 5.74) is 1.67. The Morgan fingerprint density at radius 3 is 2.84 bits per heavy atom. The first-order valence-electron chi connectivity index (χ1n) is 5.02. The van der Waals surface area contributed by atoms with Crippen molar-refractivity contribution >= 4 is 33.0 Å². The number of carboxylic acids is 1. The maximum atomic E-state index is 12.1. The summed E-state index contributed by atoms with van der Waals surface area (Å²) in [6.45, 7) is 1.71. The Bertz CT molecular complexity index is 724. The number of carboxylic acid groups (broad SMARTS) is 1. The van der Waals surface area contributed by atoms with Crippen molar-refractivity contribution in [2.75, 3.05) is 4.72 Å². The van der Waals surface area contributed by atoms with Gasteiger partial charge in [-0.1, -0.05) is 0 Å². The summed E-state index contributed by atoms with van der Waals surface area (Å²) in [5.74, 6) is -1.38. The third-order valence-electron chi connectivity index (χ3n) is 2.26. The number of hydrogen-bond donors (Lipinski definition) is 2. The van der Waals surface area contributed by atoms with Crippen molar-refractivity contribution in [1.29, 1.82) is 0 Å². The highest BCUT2D eigenvalue weighted by Gasteiger charge is 2.26. The largest absolute Gasteiger partial charge is 0.476 e. The molecule has 19 heavy (non-hydrogen) atoms. The van der Waals surface area contributed by atoms with Crippen LogP contribution >= 0.6 is 11.3 Å². The molecule has 2 N–H and O–H groups in total. The Labute approximate surface area is 113 Å². The standard InChI is InChI=1S/C10H9N3O4S2/c1-6-2-3-11-4-7(6)13-19(16,17)10-8(9(14)15)12-5-18-10/h2-5,13H,1H3,(H,14,15). The Kier molecular flexibility index (Phi) is 3.49. The van der Waals surface area contributed by atoms with Gasteiger partial charge in [-0.25, -0.2) is 18.2 Å². The van der Waals surface area contributed by atoms with E-state index in [0.29, 0.717) is 11.3 Å². The molecule has 0 aromatic carbocycles. The summed E-state index contributed by atoms with van der Waals surface area (Å²) in [7, 11) is -3.98. The lowest BCUT2D eigenvalue weighted by Crippen LogP contribution is -2.16. The van der Waals surface area contributed by atoms with Gasteiger partial charge >= 0.3 is 5.97 Å². The minimum Gasteiger partial charge on any atom is -0.476 e. The van der Waals surface area contributed by atoms with E-state index < -0.39 is 21.7 Å². The lowest BCUT2D eigenvalue weighted by atomic mass is 10.3. The molecule has 0 spiro atoms. The SMILES string of the molecule is Cc1ccncc1NS(=O)(=O)c1scnc1C(=O)O. The molecule has 0 aliphatic heterocycles. The van der Waals surface area contributed by atoms with Crippen LogP contribution in [-0.2, 0) is 10.0 Å². The molecule has 2 aromatic rings. The van der Waals surface area contributed by atoms with Crippen LogP contribution < -0.4 is 4.72 Å². The van der Waals surface area contributed by atoms with Crippen LogP contribution in [-0.4, -0.2) is 29.5 Å².